The van der Waals surface area contributed by atoms with Crippen LogP contribution in [0.1, 0.15) is 0 Å². The first-order valence-corrected chi connectivity index (χ1v) is 19.0. The second-order valence-electron chi connectivity index (χ2n) is 14.5. The van der Waals surface area contributed by atoms with E-state index < -0.39 is 0 Å². The van der Waals surface area contributed by atoms with Gasteiger partial charge >= 0.3 is 0 Å². The largest absolute Gasteiger partial charge is 0.310 e. The molecule has 0 saturated heterocycles. The van der Waals surface area contributed by atoms with E-state index in [0.29, 0.717) is 0 Å². The Labute approximate surface area is 320 Å². The minimum Gasteiger partial charge on any atom is -0.310 e. The minimum absolute atomic E-state index is 1.11. The van der Waals surface area contributed by atoms with Crippen LogP contribution in [-0.4, -0.2) is 0 Å². The summed E-state index contributed by atoms with van der Waals surface area (Å²) in [5, 5.41) is 15.3. The van der Waals surface area contributed by atoms with E-state index in [0.717, 1.165) is 17.1 Å². The Morgan fingerprint density at radius 2 is 0.582 bits per heavy atom. The molecule has 0 atom stereocenters. The summed E-state index contributed by atoms with van der Waals surface area (Å²) in [5.74, 6) is 0. The molecule has 0 radical (unpaired) electrons. The average Bonchev–Trinajstić information content (AvgIpc) is 3.27. The maximum atomic E-state index is 2.42. The van der Waals surface area contributed by atoms with Crippen LogP contribution in [-0.2, 0) is 0 Å². The summed E-state index contributed by atoms with van der Waals surface area (Å²) in [5.41, 5.74) is 8.16. The first-order chi connectivity index (χ1) is 27.3. The average molecular weight is 698 g/mol. The fourth-order valence-corrected chi connectivity index (χ4v) is 8.80. The highest BCUT2D eigenvalue weighted by molar-refractivity contribution is 6.40. The lowest BCUT2D eigenvalue weighted by Crippen LogP contribution is -2.10. The zero-order valence-electron chi connectivity index (χ0n) is 30.2. The number of benzene rings is 11. The van der Waals surface area contributed by atoms with Crippen molar-refractivity contribution in [2.75, 3.05) is 4.90 Å². The van der Waals surface area contributed by atoms with Gasteiger partial charge in [0.25, 0.3) is 0 Å². The summed E-state index contributed by atoms with van der Waals surface area (Å²) < 4.78 is 0. The van der Waals surface area contributed by atoms with E-state index in [1.165, 1.54) is 86.9 Å². The summed E-state index contributed by atoms with van der Waals surface area (Å²) in [6.07, 6.45) is 0. The lowest BCUT2D eigenvalue weighted by molar-refractivity contribution is 1.29. The SMILES string of the molecule is c1ccc(-c2ccc(N(c3ccc(-c4ccccc4)cc3)c3ccc4c(c3)c3cc5ccccc5cc3c3c5ccccc5c5ccccc5c43)cc2)cc1. The van der Waals surface area contributed by atoms with Crippen molar-refractivity contribution in [2.24, 2.45) is 0 Å². The van der Waals surface area contributed by atoms with Crippen molar-refractivity contribution in [3.05, 3.63) is 212 Å². The predicted octanol–water partition coefficient (Wildman–Crippen LogP) is 15.4. The van der Waals surface area contributed by atoms with Gasteiger partial charge in [0.05, 0.1) is 0 Å². The van der Waals surface area contributed by atoms with Gasteiger partial charge in [-0.25, -0.2) is 0 Å². The molecule has 0 aromatic heterocycles. The molecule has 11 aromatic rings. The lowest BCUT2D eigenvalue weighted by Gasteiger charge is -2.27. The van der Waals surface area contributed by atoms with Gasteiger partial charge in [-0.2, -0.15) is 0 Å². The van der Waals surface area contributed by atoms with Gasteiger partial charge in [-0.05, 0) is 135 Å². The molecule has 0 heterocycles. The Morgan fingerprint density at radius 3 is 1.11 bits per heavy atom. The molecule has 0 aliphatic rings. The quantitative estimate of drug-likeness (QED) is 0.128. The molecule has 0 unspecified atom stereocenters. The molecule has 0 bridgehead atoms. The molecule has 0 aliphatic heterocycles. The van der Waals surface area contributed by atoms with Crippen LogP contribution >= 0.6 is 0 Å². The van der Waals surface area contributed by atoms with E-state index in [9.17, 15) is 0 Å². The van der Waals surface area contributed by atoms with Gasteiger partial charge < -0.3 is 4.90 Å². The molecule has 0 fully saturated rings. The molecule has 0 aliphatic carbocycles. The maximum absolute atomic E-state index is 2.42. The van der Waals surface area contributed by atoms with Crippen molar-refractivity contribution in [3.63, 3.8) is 0 Å². The van der Waals surface area contributed by atoms with E-state index in [-0.39, 0.29) is 0 Å². The van der Waals surface area contributed by atoms with E-state index in [1.54, 1.807) is 0 Å². The summed E-state index contributed by atoms with van der Waals surface area (Å²) >= 11 is 0. The number of hydrogen-bond acceptors (Lipinski definition) is 1. The summed E-state index contributed by atoms with van der Waals surface area (Å²) in [6, 6.07) is 77.8. The summed E-state index contributed by atoms with van der Waals surface area (Å²) in [6.45, 7) is 0. The molecule has 0 amide bonds. The van der Waals surface area contributed by atoms with E-state index >= 15 is 0 Å². The summed E-state index contributed by atoms with van der Waals surface area (Å²) in [4.78, 5) is 2.40. The van der Waals surface area contributed by atoms with Crippen LogP contribution in [0, 0.1) is 0 Å². The Hall–Kier alpha value is -7.22. The highest BCUT2D eigenvalue weighted by atomic mass is 15.1. The van der Waals surface area contributed by atoms with Gasteiger partial charge in [-0.1, -0.05) is 164 Å². The molecular formula is C54H35N. The van der Waals surface area contributed by atoms with E-state index in [2.05, 4.69) is 217 Å². The second-order valence-corrected chi connectivity index (χ2v) is 14.5. The van der Waals surface area contributed by atoms with Gasteiger partial charge in [-0.15, -0.1) is 0 Å². The number of rotatable bonds is 5. The zero-order chi connectivity index (χ0) is 36.3. The minimum atomic E-state index is 1.11. The van der Waals surface area contributed by atoms with Crippen molar-refractivity contribution < 1.29 is 0 Å². The summed E-state index contributed by atoms with van der Waals surface area (Å²) in [7, 11) is 0. The third kappa shape index (κ3) is 5.16. The number of hydrogen-bond donors (Lipinski definition) is 0. The maximum Gasteiger partial charge on any atom is 0.0468 e. The Kier molecular flexibility index (Phi) is 7.25. The van der Waals surface area contributed by atoms with Crippen LogP contribution in [0.2, 0.25) is 0 Å². The van der Waals surface area contributed by atoms with Crippen molar-refractivity contribution in [2.45, 2.75) is 0 Å². The van der Waals surface area contributed by atoms with Crippen LogP contribution in [0.25, 0.3) is 86.9 Å². The topological polar surface area (TPSA) is 3.24 Å². The Morgan fingerprint density at radius 1 is 0.218 bits per heavy atom. The van der Waals surface area contributed by atoms with Gasteiger partial charge in [0.15, 0.2) is 0 Å². The lowest BCUT2D eigenvalue weighted by atomic mass is 9.86. The standard InChI is InChI=1S/C54H35N/c1-3-13-36(14-4-1)38-23-27-42(28-24-38)55(43-29-25-39(26-30-43)37-15-5-2-6-16-37)44-31-32-49-51(35-44)50-33-40-17-7-8-18-41(40)34-52(50)54-48-22-12-10-20-46(48)45-19-9-11-21-47(45)53(49)54/h1-35H. The smallest absolute Gasteiger partial charge is 0.0468 e. The van der Waals surface area contributed by atoms with E-state index in [4.69, 9.17) is 0 Å². The van der Waals surface area contributed by atoms with Crippen molar-refractivity contribution >= 4 is 81.7 Å². The Bertz CT molecular complexity index is 3130. The molecule has 0 spiro atoms. The monoisotopic (exact) mass is 697 g/mol. The fourth-order valence-electron chi connectivity index (χ4n) is 8.80. The fraction of sp³-hybridized carbons (Fsp3) is 0. The van der Waals surface area contributed by atoms with Crippen LogP contribution < -0.4 is 4.90 Å². The zero-order valence-corrected chi connectivity index (χ0v) is 30.2. The molecule has 11 aromatic carbocycles. The molecule has 1 heteroatoms. The van der Waals surface area contributed by atoms with Gasteiger partial charge in [0.1, 0.15) is 0 Å². The van der Waals surface area contributed by atoms with Gasteiger partial charge in [0.2, 0.25) is 0 Å². The number of nitrogens with zero attached hydrogens (tertiary/aromatic N) is 1. The highest BCUT2D eigenvalue weighted by Crippen LogP contribution is 2.47. The number of anilines is 3. The third-order valence-corrected chi connectivity index (χ3v) is 11.4. The molecule has 0 N–H and O–H groups in total. The van der Waals surface area contributed by atoms with E-state index in [1.807, 2.05) is 0 Å². The van der Waals surface area contributed by atoms with Crippen molar-refractivity contribution in [1.29, 1.82) is 0 Å². The molecule has 256 valence electrons. The van der Waals surface area contributed by atoms with Crippen LogP contribution in [0.4, 0.5) is 17.1 Å². The number of fused-ring (bicyclic) bond motifs is 12. The first kappa shape index (κ1) is 31.3. The molecular weight excluding hydrogens is 663 g/mol. The third-order valence-electron chi connectivity index (χ3n) is 11.4. The predicted molar refractivity (Wildman–Crippen MR) is 237 cm³/mol. The van der Waals surface area contributed by atoms with Gasteiger partial charge in [-0.3, -0.25) is 0 Å². The van der Waals surface area contributed by atoms with Crippen LogP contribution in [0.5, 0.6) is 0 Å². The molecule has 0 saturated carbocycles. The Balaban J connectivity index is 1.20. The van der Waals surface area contributed by atoms with Crippen molar-refractivity contribution in [1.82, 2.24) is 0 Å². The highest BCUT2D eigenvalue weighted by Gasteiger charge is 2.19. The van der Waals surface area contributed by atoms with Crippen LogP contribution in [0.15, 0.2) is 212 Å². The molecule has 1 nitrogen and oxygen atoms in total. The first-order valence-electron chi connectivity index (χ1n) is 19.0. The molecule has 11 rings (SSSR count). The van der Waals surface area contributed by atoms with Crippen molar-refractivity contribution in [3.8, 4) is 22.3 Å². The normalized spacial score (nSPS) is 11.6. The van der Waals surface area contributed by atoms with Crippen LogP contribution in [0.3, 0.4) is 0 Å². The second kappa shape index (κ2) is 12.7. The molecule has 55 heavy (non-hydrogen) atoms. The van der Waals surface area contributed by atoms with Gasteiger partial charge in [0, 0.05) is 17.1 Å².